The summed E-state index contributed by atoms with van der Waals surface area (Å²) < 4.78 is 5.26. The molecular formula is C15H30N2O. The number of ether oxygens (including phenoxy) is 1. The van der Waals surface area contributed by atoms with E-state index >= 15 is 0 Å². The molecule has 0 radical (unpaired) electrons. The average molecular weight is 254 g/mol. The Balaban J connectivity index is 1.80. The zero-order valence-electron chi connectivity index (χ0n) is 12.4. The molecule has 3 nitrogen and oxygen atoms in total. The van der Waals surface area contributed by atoms with Crippen LogP contribution in [-0.2, 0) is 4.74 Å². The lowest BCUT2D eigenvalue weighted by atomic mass is 10.0. The van der Waals surface area contributed by atoms with Gasteiger partial charge in [-0.25, -0.2) is 0 Å². The summed E-state index contributed by atoms with van der Waals surface area (Å²) in [5, 5.41) is 3.67. The Morgan fingerprint density at radius 2 is 1.78 bits per heavy atom. The van der Waals surface area contributed by atoms with Crippen molar-refractivity contribution in [2.75, 3.05) is 33.4 Å². The smallest absolute Gasteiger partial charge is 0.0468 e. The van der Waals surface area contributed by atoms with E-state index in [1.807, 2.05) is 7.11 Å². The quantitative estimate of drug-likeness (QED) is 0.814. The van der Waals surface area contributed by atoms with Gasteiger partial charge in [-0.05, 0) is 64.5 Å². The summed E-state index contributed by atoms with van der Waals surface area (Å²) >= 11 is 0. The van der Waals surface area contributed by atoms with E-state index in [1.165, 1.54) is 51.7 Å². The van der Waals surface area contributed by atoms with Gasteiger partial charge in [0.05, 0.1) is 0 Å². The molecule has 1 aliphatic heterocycles. The molecule has 1 heterocycles. The van der Waals surface area contributed by atoms with Crippen molar-refractivity contribution in [3.63, 3.8) is 0 Å². The lowest BCUT2D eigenvalue weighted by Crippen LogP contribution is -2.44. The molecule has 0 aromatic carbocycles. The van der Waals surface area contributed by atoms with Crippen LogP contribution in [0.1, 0.15) is 46.0 Å². The zero-order chi connectivity index (χ0) is 13.0. The van der Waals surface area contributed by atoms with E-state index < -0.39 is 0 Å². The van der Waals surface area contributed by atoms with E-state index in [9.17, 15) is 0 Å². The van der Waals surface area contributed by atoms with Gasteiger partial charge in [-0.15, -0.1) is 0 Å². The van der Waals surface area contributed by atoms with Crippen LogP contribution in [0.25, 0.3) is 0 Å². The summed E-state index contributed by atoms with van der Waals surface area (Å²) in [4.78, 5) is 2.70. The van der Waals surface area contributed by atoms with Gasteiger partial charge in [-0.3, -0.25) is 0 Å². The topological polar surface area (TPSA) is 24.5 Å². The van der Waals surface area contributed by atoms with Gasteiger partial charge >= 0.3 is 0 Å². The van der Waals surface area contributed by atoms with E-state index in [2.05, 4.69) is 24.1 Å². The molecule has 2 fully saturated rings. The number of nitrogens with one attached hydrogen (secondary N) is 1. The van der Waals surface area contributed by atoms with Gasteiger partial charge in [0.15, 0.2) is 0 Å². The van der Waals surface area contributed by atoms with Crippen molar-refractivity contribution in [3.05, 3.63) is 0 Å². The van der Waals surface area contributed by atoms with Gasteiger partial charge in [0, 0.05) is 32.3 Å². The molecule has 18 heavy (non-hydrogen) atoms. The number of rotatable bonds is 5. The van der Waals surface area contributed by atoms with Crippen LogP contribution in [0, 0.1) is 5.41 Å². The standard InChI is InChI=1S/C15H30N2O/c1-13-4-9-17(10-5-14(2)16-13)12-15(6-7-15)8-11-18-3/h13-14,16H,4-12H2,1-3H3. The SMILES string of the molecule is COCCC1(CN2CCC(C)NC(C)CC2)CC1. The second-order valence-corrected chi connectivity index (χ2v) is 6.57. The third-order valence-electron chi connectivity index (χ3n) is 4.68. The highest BCUT2D eigenvalue weighted by molar-refractivity contribution is 4.95. The first-order valence-electron chi connectivity index (χ1n) is 7.61. The van der Waals surface area contributed by atoms with E-state index in [0.717, 1.165) is 6.61 Å². The van der Waals surface area contributed by atoms with Gasteiger partial charge in [-0.1, -0.05) is 0 Å². The molecule has 3 heteroatoms. The predicted octanol–water partition coefficient (Wildman–Crippen LogP) is 2.27. The number of nitrogens with zero attached hydrogens (tertiary/aromatic N) is 1. The molecule has 106 valence electrons. The Morgan fingerprint density at radius 1 is 1.17 bits per heavy atom. The third-order valence-corrected chi connectivity index (χ3v) is 4.68. The second-order valence-electron chi connectivity index (χ2n) is 6.57. The van der Waals surface area contributed by atoms with Gasteiger partial charge in [0.1, 0.15) is 0 Å². The Hall–Kier alpha value is -0.120. The van der Waals surface area contributed by atoms with E-state index in [4.69, 9.17) is 4.74 Å². The fourth-order valence-electron chi connectivity index (χ4n) is 3.13. The molecule has 0 aromatic rings. The molecule has 1 saturated heterocycles. The molecule has 2 atom stereocenters. The van der Waals surface area contributed by atoms with Crippen LogP contribution in [0.2, 0.25) is 0 Å². The van der Waals surface area contributed by atoms with E-state index in [1.54, 1.807) is 0 Å². The molecule has 1 saturated carbocycles. The van der Waals surface area contributed by atoms with E-state index in [0.29, 0.717) is 17.5 Å². The van der Waals surface area contributed by atoms with Gasteiger partial charge in [0.25, 0.3) is 0 Å². The fourth-order valence-corrected chi connectivity index (χ4v) is 3.13. The molecule has 2 aliphatic rings. The summed E-state index contributed by atoms with van der Waals surface area (Å²) in [7, 11) is 1.82. The highest BCUT2D eigenvalue weighted by Gasteiger charge is 2.43. The lowest BCUT2D eigenvalue weighted by molar-refractivity contribution is 0.137. The van der Waals surface area contributed by atoms with Crippen LogP contribution in [0.3, 0.4) is 0 Å². The van der Waals surface area contributed by atoms with Gasteiger partial charge in [-0.2, -0.15) is 0 Å². The lowest BCUT2D eigenvalue weighted by Gasteiger charge is -2.33. The highest BCUT2D eigenvalue weighted by atomic mass is 16.5. The summed E-state index contributed by atoms with van der Waals surface area (Å²) in [5.74, 6) is 0. The van der Waals surface area contributed by atoms with Crippen molar-refractivity contribution >= 4 is 0 Å². The predicted molar refractivity (Wildman–Crippen MR) is 75.9 cm³/mol. The normalized spacial score (nSPS) is 32.8. The summed E-state index contributed by atoms with van der Waals surface area (Å²) in [5.41, 5.74) is 0.606. The largest absolute Gasteiger partial charge is 0.385 e. The van der Waals surface area contributed by atoms with Crippen LogP contribution < -0.4 is 5.32 Å². The molecule has 1 aliphatic carbocycles. The van der Waals surface area contributed by atoms with Crippen molar-refractivity contribution in [1.82, 2.24) is 10.2 Å². The average Bonchev–Trinajstić information content (AvgIpc) is 3.09. The number of hydrogen-bond acceptors (Lipinski definition) is 3. The van der Waals surface area contributed by atoms with Gasteiger partial charge in [0.2, 0.25) is 0 Å². The van der Waals surface area contributed by atoms with Crippen molar-refractivity contribution in [2.24, 2.45) is 5.41 Å². The molecule has 2 rings (SSSR count). The Bertz CT molecular complexity index is 241. The van der Waals surface area contributed by atoms with Crippen molar-refractivity contribution < 1.29 is 4.74 Å². The highest BCUT2D eigenvalue weighted by Crippen LogP contribution is 2.49. The first kappa shape index (κ1) is 14.3. The van der Waals surface area contributed by atoms with Crippen molar-refractivity contribution in [1.29, 1.82) is 0 Å². The summed E-state index contributed by atoms with van der Waals surface area (Å²) in [6.45, 7) is 9.39. The Labute approximate surface area is 112 Å². The fraction of sp³-hybridized carbons (Fsp3) is 1.00. The molecule has 1 N–H and O–H groups in total. The van der Waals surface area contributed by atoms with Crippen LogP contribution in [0.4, 0.5) is 0 Å². The molecule has 0 bridgehead atoms. The third kappa shape index (κ3) is 4.22. The zero-order valence-corrected chi connectivity index (χ0v) is 12.4. The van der Waals surface area contributed by atoms with E-state index in [-0.39, 0.29) is 0 Å². The number of hydrogen-bond donors (Lipinski definition) is 1. The Morgan fingerprint density at radius 3 is 2.28 bits per heavy atom. The van der Waals surface area contributed by atoms with Crippen LogP contribution in [-0.4, -0.2) is 50.3 Å². The maximum Gasteiger partial charge on any atom is 0.0468 e. The van der Waals surface area contributed by atoms with Crippen LogP contribution in [0.5, 0.6) is 0 Å². The molecule has 0 spiro atoms. The summed E-state index contributed by atoms with van der Waals surface area (Å²) in [6, 6.07) is 1.33. The van der Waals surface area contributed by atoms with Crippen molar-refractivity contribution in [2.45, 2.75) is 58.0 Å². The van der Waals surface area contributed by atoms with Crippen LogP contribution >= 0.6 is 0 Å². The molecule has 2 unspecified atom stereocenters. The number of methoxy groups -OCH3 is 1. The van der Waals surface area contributed by atoms with Crippen molar-refractivity contribution in [3.8, 4) is 0 Å². The first-order valence-corrected chi connectivity index (χ1v) is 7.61. The Kier molecular flexibility index (Phi) is 5.05. The minimum absolute atomic E-state index is 0.606. The minimum Gasteiger partial charge on any atom is -0.385 e. The molecule has 0 amide bonds. The monoisotopic (exact) mass is 254 g/mol. The molecular weight excluding hydrogens is 224 g/mol. The van der Waals surface area contributed by atoms with Crippen LogP contribution in [0.15, 0.2) is 0 Å². The summed E-state index contributed by atoms with van der Waals surface area (Å²) in [6.07, 6.45) is 6.64. The van der Waals surface area contributed by atoms with Gasteiger partial charge < -0.3 is 15.0 Å². The maximum absolute atomic E-state index is 5.26. The molecule has 0 aromatic heterocycles. The first-order chi connectivity index (χ1) is 8.63. The second kappa shape index (κ2) is 6.36. The minimum atomic E-state index is 0.606. The maximum atomic E-state index is 5.26.